The van der Waals surface area contributed by atoms with E-state index in [1.54, 1.807) is 17.4 Å². The van der Waals surface area contributed by atoms with Crippen LogP contribution in [0.1, 0.15) is 20.8 Å². The van der Waals surface area contributed by atoms with E-state index < -0.39 is 0 Å². The first kappa shape index (κ1) is 14.1. The van der Waals surface area contributed by atoms with Crippen molar-refractivity contribution in [1.29, 1.82) is 0 Å². The van der Waals surface area contributed by atoms with Crippen LogP contribution in [0.15, 0.2) is 42.5 Å². The fourth-order valence-corrected chi connectivity index (χ4v) is 4.29. The molecule has 0 aliphatic heterocycles. The molecule has 0 N–H and O–H groups in total. The predicted molar refractivity (Wildman–Crippen MR) is 88.7 cm³/mol. The Morgan fingerprint density at radius 3 is 2.50 bits per heavy atom. The second kappa shape index (κ2) is 5.47. The van der Waals surface area contributed by atoms with E-state index in [-0.39, 0.29) is 10.6 Å². The maximum atomic E-state index is 13.9. The van der Waals surface area contributed by atoms with Crippen molar-refractivity contribution < 1.29 is 4.39 Å². The Kier molecular flexibility index (Phi) is 3.85. The van der Waals surface area contributed by atoms with Gasteiger partial charge >= 0.3 is 0 Å². The van der Waals surface area contributed by atoms with Gasteiger partial charge in [-0.05, 0) is 35.6 Å². The SMILES string of the molecule is Cc1cc(C(Br)c2ccc(F)c3ccccc23)sc1Cl. The lowest BCUT2D eigenvalue weighted by Gasteiger charge is -2.12. The van der Waals surface area contributed by atoms with Crippen LogP contribution in [0.4, 0.5) is 4.39 Å². The molecule has 0 saturated carbocycles. The van der Waals surface area contributed by atoms with Crippen LogP contribution < -0.4 is 0 Å². The molecule has 0 amide bonds. The first-order valence-electron chi connectivity index (χ1n) is 6.15. The molecule has 0 aliphatic rings. The third-order valence-electron chi connectivity index (χ3n) is 3.30. The number of fused-ring (bicyclic) bond motifs is 1. The Morgan fingerprint density at radius 1 is 1.15 bits per heavy atom. The Morgan fingerprint density at radius 2 is 1.85 bits per heavy atom. The second-order valence-electron chi connectivity index (χ2n) is 4.65. The molecule has 0 aliphatic carbocycles. The number of aryl methyl sites for hydroxylation is 1. The minimum atomic E-state index is -0.190. The number of alkyl halides is 1. The van der Waals surface area contributed by atoms with E-state index in [1.807, 2.05) is 31.2 Å². The standard InChI is InChI=1S/C16H11BrClFS/c1-9-8-14(20-16(9)18)15(17)12-6-7-13(19)11-5-3-2-4-10(11)12/h2-8,15H,1H3. The maximum Gasteiger partial charge on any atom is 0.131 e. The van der Waals surface area contributed by atoms with Crippen molar-refractivity contribution in [2.75, 3.05) is 0 Å². The van der Waals surface area contributed by atoms with E-state index in [1.165, 1.54) is 6.07 Å². The average Bonchev–Trinajstić information content (AvgIpc) is 2.79. The third-order valence-corrected chi connectivity index (χ3v) is 6.21. The van der Waals surface area contributed by atoms with E-state index in [0.29, 0.717) is 5.39 Å². The lowest BCUT2D eigenvalue weighted by atomic mass is 10.0. The van der Waals surface area contributed by atoms with Gasteiger partial charge in [-0.2, -0.15) is 0 Å². The molecule has 0 spiro atoms. The molecule has 20 heavy (non-hydrogen) atoms. The minimum Gasteiger partial charge on any atom is -0.206 e. The van der Waals surface area contributed by atoms with Crippen LogP contribution in [-0.2, 0) is 0 Å². The average molecular weight is 370 g/mol. The van der Waals surface area contributed by atoms with E-state index in [2.05, 4.69) is 22.0 Å². The first-order valence-corrected chi connectivity index (χ1v) is 8.26. The maximum absolute atomic E-state index is 13.9. The third kappa shape index (κ3) is 2.39. The molecule has 1 heterocycles. The van der Waals surface area contributed by atoms with E-state index in [9.17, 15) is 4.39 Å². The van der Waals surface area contributed by atoms with Crippen molar-refractivity contribution in [3.05, 3.63) is 68.6 Å². The Bertz CT molecular complexity index is 762. The lowest BCUT2D eigenvalue weighted by molar-refractivity contribution is 0.639. The van der Waals surface area contributed by atoms with Gasteiger partial charge in [0.1, 0.15) is 5.82 Å². The highest BCUT2D eigenvalue weighted by molar-refractivity contribution is 9.09. The fraction of sp³-hybridized carbons (Fsp3) is 0.125. The van der Waals surface area contributed by atoms with Crippen LogP contribution in [-0.4, -0.2) is 0 Å². The van der Waals surface area contributed by atoms with E-state index in [0.717, 1.165) is 25.7 Å². The fourth-order valence-electron chi connectivity index (χ4n) is 2.27. The summed E-state index contributed by atoms with van der Waals surface area (Å²) >= 11 is 11.4. The van der Waals surface area contributed by atoms with Crippen LogP contribution in [0.5, 0.6) is 0 Å². The predicted octanol–water partition coefficient (Wildman–Crippen LogP) is 6.49. The normalized spacial score (nSPS) is 12.8. The number of rotatable bonds is 2. The smallest absolute Gasteiger partial charge is 0.131 e. The summed E-state index contributed by atoms with van der Waals surface area (Å²) in [7, 11) is 0. The molecule has 1 atom stereocenters. The summed E-state index contributed by atoms with van der Waals surface area (Å²) < 4.78 is 14.7. The molecule has 0 radical (unpaired) electrons. The topological polar surface area (TPSA) is 0 Å². The van der Waals surface area contributed by atoms with Crippen molar-refractivity contribution in [2.24, 2.45) is 0 Å². The zero-order chi connectivity index (χ0) is 14.3. The van der Waals surface area contributed by atoms with Gasteiger partial charge in [-0.1, -0.05) is 57.9 Å². The van der Waals surface area contributed by atoms with Crippen molar-refractivity contribution in [3.63, 3.8) is 0 Å². The quantitative estimate of drug-likeness (QED) is 0.453. The zero-order valence-electron chi connectivity index (χ0n) is 10.7. The molecule has 2 aromatic carbocycles. The number of hydrogen-bond donors (Lipinski definition) is 0. The summed E-state index contributed by atoms with van der Waals surface area (Å²) in [6.07, 6.45) is 0. The molecular weight excluding hydrogens is 359 g/mol. The van der Waals surface area contributed by atoms with Gasteiger partial charge in [0.05, 0.1) is 9.16 Å². The molecule has 4 heteroatoms. The highest BCUT2D eigenvalue weighted by Gasteiger charge is 2.17. The highest BCUT2D eigenvalue weighted by atomic mass is 79.9. The van der Waals surface area contributed by atoms with Crippen molar-refractivity contribution in [1.82, 2.24) is 0 Å². The van der Waals surface area contributed by atoms with Gasteiger partial charge in [0, 0.05) is 10.3 Å². The van der Waals surface area contributed by atoms with Crippen LogP contribution in [0.2, 0.25) is 4.34 Å². The van der Waals surface area contributed by atoms with Crippen molar-refractivity contribution >= 4 is 49.6 Å². The molecule has 102 valence electrons. The number of thiophene rings is 1. The van der Waals surface area contributed by atoms with Crippen LogP contribution in [0.25, 0.3) is 10.8 Å². The van der Waals surface area contributed by atoms with Gasteiger partial charge < -0.3 is 0 Å². The Hall–Kier alpha value is -0.900. The summed E-state index contributed by atoms with van der Waals surface area (Å²) in [4.78, 5) is 1.15. The van der Waals surface area contributed by atoms with E-state index >= 15 is 0 Å². The van der Waals surface area contributed by atoms with E-state index in [4.69, 9.17) is 11.6 Å². The van der Waals surface area contributed by atoms with Gasteiger partial charge in [-0.25, -0.2) is 4.39 Å². The lowest BCUT2D eigenvalue weighted by Crippen LogP contribution is -1.93. The number of hydrogen-bond acceptors (Lipinski definition) is 1. The molecular formula is C16H11BrClFS. The molecule has 1 unspecified atom stereocenters. The van der Waals surface area contributed by atoms with Crippen LogP contribution in [0.3, 0.4) is 0 Å². The molecule has 3 rings (SSSR count). The molecule has 0 bridgehead atoms. The second-order valence-corrected chi connectivity index (χ2v) is 7.25. The Labute approximate surface area is 134 Å². The number of halogens is 3. The molecule has 0 nitrogen and oxygen atoms in total. The highest BCUT2D eigenvalue weighted by Crippen LogP contribution is 2.41. The molecule has 1 aromatic heterocycles. The number of benzene rings is 2. The summed E-state index contributed by atoms with van der Waals surface area (Å²) in [6.45, 7) is 1.99. The summed E-state index contributed by atoms with van der Waals surface area (Å²) in [5.41, 5.74) is 2.13. The van der Waals surface area contributed by atoms with Gasteiger partial charge in [0.25, 0.3) is 0 Å². The van der Waals surface area contributed by atoms with Crippen LogP contribution in [0, 0.1) is 12.7 Å². The van der Waals surface area contributed by atoms with Crippen molar-refractivity contribution in [2.45, 2.75) is 11.8 Å². The summed E-state index contributed by atoms with van der Waals surface area (Å²) in [5.74, 6) is -0.190. The molecule has 0 fully saturated rings. The van der Waals surface area contributed by atoms with Gasteiger partial charge in [0.2, 0.25) is 0 Å². The molecule has 0 saturated heterocycles. The minimum absolute atomic E-state index is 0.0178. The van der Waals surface area contributed by atoms with Gasteiger partial charge in [0.15, 0.2) is 0 Å². The monoisotopic (exact) mass is 368 g/mol. The largest absolute Gasteiger partial charge is 0.206 e. The summed E-state index contributed by atoms with van der Waals surface area (Å²) in [6, 6.07) is 13.0. The van der Waals surface area contributed by atoms with Gasteiger partial charge in [-0.3, -0.25) is 0 Å². The first-order chi connectivity index (χ1) is 9.58. The Balaban J connectivity index is 2.17. The summed E-state index contributed by atoms with van der Waals surface area (Å²) in [5, 5.41) is 1.57. The van der Waals surface area contributed by atoms with Crippen molar-refractivity contribution in [3.8, 4) is 0 Å². The molecule has 3 aromatic rings. The van der Waals surface area contributed by atoms with Gasteiger partial charge in [-0.15, -0.1) is 11.3 Å². The van der Waals surface area contributed by atoms with Crippen LogP contribution >= 0.6 is 38.9 Å². The zero-order valence-corrected chi connectivity index (χ0v) is 13.8.